The monoisotopic (exact) mass is 421 g/mol. The summed E-state index contributed by atoms with van der Waals surface area (Å²) in [7, 11) is 0. The number of aliphatic hydroxyl groups excluding tert-OH is 1. The van der Waals surface area contributed by atoms with Gasteiger partial charge in [0.05, 0.1) is 16.5 Å². The molecule has 0 saturated carbocycles. The first-order valence-electron chi connectivity index (χ1n) is 8.93. The molecule has 30 heavy (non-hydrogen) atoms. The number of ketones is 1. The number of thiophene rings is 1. The van der Waals surface area contributed by atoms with E-state index in [9.17, 15) is 24.8 Å². The number of non-ortho nitro benzene ring substituents is 1. The number of hydrogen-bond acceptors (Lipinski definition) is 7. The number of nitrogens with zero attached hydrogens (tertiary/aromatic N) is 3. The summed E-state index contributed by atoms with van der Waals surface area (Å²) in [5, 5.41) is 23.8. The van der Waals surface area contributed by atoms with Gasteiger partial charge in [-0.3, -0.25) is 24.7 Å². The van der Waals surface area contributed by atoms with Crippen molar-refractivity contribution >= 4 is 34.5 Å². The standard InChI is InChI=1S/C21H15N3O5S/c25-19(14-5-1-6-15(10-14)24(28)29)17-18(16-7-3-9-30-16)23(21(27)20(17)26)12-13-4-2-8-22-11-13/h1-11,18,25H,12H2/b19-17-. The summed E-state index contributed by atoms with van der Waals surface area (Å²) in [6.07, 6.45) is 3.21. The van der Waals surface area contributed by atoms with Gasteiger partial charge in [0.25, 0.3) is 17.4 Å². The Morgan fingerprint density at radius 1 is 1.20 bits per heavy atom. The van der Waals surface area contributed by atoms with Gasteiger partial charge < -0.3 is 10.0 Å². The summed E-state index contributed by atoms with van der Waals surface area (Å²) >= 11 is 1.35. The molecular formula is C21H15N3O5S. The van der Waals surface area contributed by atoms with Crippen molar-refractivity contribution in [1.29, 1.82) is 0 Å². The van der Waals surface area contributed by atoms with E-state index in [0.29, 0.717) is 4.88 Å². The number of carbonyl (C=O) groups is 2. The van der Waals surface area contributed by atoms with Gasteiger partial charge in [0.2, 0.25) is 0 Å². The Kier molecular flexibility index (Phi) is 5.11. The van der Waals surface area contributed by atoms with Crippen LogP contribution in [-0.4, -0.2) is 31.6 Å². The van der Waals surface area contributed by atoms with Gasteiger partial charge in [-0.1, -0.05) is 24.3 Å². The van der Waals surface area contributed by atoms with Crippen molar-refractivity contribution in [2.45, 2.75) is 12.6 Å². The van der Waals surface area contributed by atoms with Crippen LogP contribution in [-0.2, 0) is 16.1 Å². The van der Waals surface area contributed by atoms with Crippen LogP contribution in [0.3, 0.4) is 0 Å². The molecular weight excluding hydrogens is 406 g/mol. The maximum absolute atomic E-state index is 12.9. The molecule has 0 radical (unpaired) electrons. The lowest BCUT2D eigenvalue weighted by Gasteiger charge is -2.24. The molecule has 0 spiro atoms. The molecule has 4 rings (SSSR count). The number of Topliss-reactive ketones (excluding diaryl/α,β-unsaturated/α-hetero) is 1. The molecule has 1 aliphatic rings. The van der Waals surface area contributed by atoms with E-state index >= 15 is 0 Å². The van der Waals surface area contributed by atoms with E-state index in [-0.39, 0.29) is 23.4 Å². The molecule has 1 N–H and O–H groups in total. The molecule has 1 amide bonds. The van der Waals surface area contributed by atoms with Gasteiger partial charge in [-0.25, -0.2) is 0 Å². The molecule has 9 heteroatoms. The van der Waals surface area contributed by atoms with Crippen molar-refractivity contribution in [2.75, 3.05) is 0 Å². The number of likely N-dealkylation sites (tertiary alicyclic amines) is 1. The zero-order valence-corrected chi connectivity index (χ0v) is 16.3. The fourth-order valence-electron chi connectivity index (χ4n) is 3.40. The second-order valence-electron chi connectivity index (χ2n) is 6.61. The molecule has 3 aromatic rings. The normalized spacial score (nSPS) is 18.0. The van der Waals surface area contributed by atoms with Crippen LogP contribution in [0.4, 0.5) is 5.69 Å². The third kappa shape index (κ3) is 3.46. The number of nitro benzene ring substituents is 1. The van der Waals surface area contributed by atoms with Gasteiger partial charge >= 0.3 is 0 Å². The highest BCUT2D eigenvalue weighted by Gasteiger charge is 2.46. The number of nitro groups is 1. The van der Waals surface area contributed by atoms with Crippen LogP contribution in [0.1, 0.15) is 22.0 Å². The second-order valence-corrected chi connectivity index (χ2v) is 7.59. The van der Waals surface area contributed by atoms with Gasteiger partial charge in [-0.2, -0.15) is 0 Å². The number of amides is 1. The highest BCUT2D eigenvalue weighted by Crippen LogP contribution is 2.42. The fourth-order valence-corrected chi connectivity index (χ4v) is 4.24. The molecule has 8 nitrogen and oxygen atoms in total. The lowest BCUT2D eigenvalue weighted by molar-refractivity contribution is -0.384. The van der Waals surface area contributed by atoms with Crippen LogP contribution in [0.15, 0.2) is 71.9 Å². The molecule has 0 bridgehead atoms. The fraction of sp³-hybridized carbons (Fsp3) is 0.0952. The van der Waals surface area contributed by atoms with E-state index in [1.54, 1.807) is 36.7 Å². The van der Waals surface area contributed by atoms with E-state index in [1.807, 2.05) is 5.38 Å². The lowest BCUT2D eigenvalue weighted by Crippen LogP contribution is -2.28. The summed E-state index contributed by atoms with van der Waals surface area (Å²) in [5.41, 5.74) is 0.518. The number of pyridine rings is 1. The molecule has 1 aromatic carbocycles. The number of hydrogen-bond donors (Lipinski definition) is 1. The van der Waals surface area contributed by atoms with Crippen molar-refractivity contribution in [3.63, 3.8) is 0 Å². The lowest BCUT2D eigenvalue weighted by atomic mass is 9.99. The Balaban J connectivity index is 1.84. The number of rotatable bonds is 5. The first-order chi connectivity index (χ1) is 14.5. The minimum absolute atomic E-state index is 0.0909. The van der Waals surface area contributed by atoms with Gasteiger partial charge in [0, 0.05) is 41.5 Å². The van der Waals surface area contributed by atoms with E-state index in [0.717, 1.165) is 5.56 Å². The molecule has 3 heterocycles. The molecule has 150 valence electrons. The molecule has 1 aliphatic heterocycles. The highest BCUT2D eigenvalue weighted by atomic mass is 32.1. The van der Waals surface area contributed by atoms with Gasteiger partial charge in [0.1, 0.15) is 5.76 Å². The Labute approximate surface area is 174 Å². The predicted molar refractivity (Wildman–Crippen MR) is 109 cm³/mol. The summed E-state index contributed by atoms with van der Waals surface area (Å²) in [6, 6.07) is 11.6. The zero-order valence-electron chi connectivity index (χ0n) is 15.5. The van der Waals surface area contributed by atoms with Crippen LogP contribution in [0.5, 0.6) is 0 Å². The molecule has 2 aromatic heterocycles. The number of aromatic nitrogens is 1. The average Bonchev–Trinajstić information content (AvgIpc) is 3.37. The Bertz CT molecular complexity index is 1160. The van der Waals surface area contributed by atoms with Crippen LogP contribution < -0.4 is 0 Å². The zero-order chi connectivity index (χ0) is 21.3. The smallest absolute Gasteiger partial charge is 0.295 e. The Morgan fingerprint density at radius 2 is 2.03 bits per heavy atom. The summed E-state index contributed by atoms with van der Waals surface area (Å²) in [6.45, 7) is 0.132. The van der Waals surface area contributed by atoms with Gasteiger partial charge in [-0.05, 0) is 23.1 Å². The Hall–Kier alpha value is -3.85. The maximum Gasteiger partial charge on any atom is 0.295 e. The number of benzene rings is 1. The third-order valence-electron chi connectivity index (χ3n) is 4.76. The molecule has 1 unspecified atom stereocenters. The largest absolute Gasteiger partial charge is 0.507 e. The molecule has 1 atom stereocenters. The Morgan fingerprint density at radius 3 is 2.70 bits per heavy atom. The topological polar surface area (TPSA) is 114 Å². The predicted octanol–water partition coefficient (Wildman–Crippen LogP) is 3.67. The quantitative estimate of drug-likeness (QED) is 0.221. The maximum atomic E-state index is 12.9. The highest BCUT2D eigenvalue weighted by molar-refractivity contribution is 7.10. The summed E-state index contributed by atoms with van der Waals surface area (Å²) in [4.78, 5) is 42.4. The second kappa shape index (κ2) is 7.88. The first-order valence-corrected chi connectivity index (χ1v) is 9.81. The van der Waals surface area contributed by atoms with Crippen molar-refractivity contribution in [1.82, 2.24) is 9.88 Å². The van der Waals surface area contributed by atoms with Crippen LogP contribution in [0, 0.1) is 10.1 Å². The molecule has 0 aliphatic carbocycles. The molecule has 1 fully saturated rings. The third-order valence-corrected chi connectivity index (χ3v) is 5.68. The molecule has 1 saturated heterocycles. The number of aliphatic hydroxyl groups is 1. The van der Waals surface area contributed by atoms with E-state index in [1.165, 1.54) is 40.5 Å². The number of carbonyl (C=O) groups excluding carboxylic acids is 2. The summed E-state index contributed by atoms with van der Waals surface area (Å²) in [5.74, 6) is -2.02. The minimum atomic E-state index is -0.832. The van der Waals surface area contributed by atoms with E-state index in [4.69, 9.17) is 0 Å². The van der Waals surface area contributed by atoms with E-state index < -0.39 is 28.4 Å². The van der Waals surface area contributed by atoms with Crippen LogP contribution >= 0.6 is 11.3 Å². The van der Waals surface area contributed by atoms with Crippen LogP contribution in [0.25, 0.3) is 5.76 Å². The van der Waals surface area contributed by atoms with Crippen molar-refractivity contribution in [2.24, 2.45) is 0 Å². The van der Waals surface area contributed by atoms with Crippen molar-refractivity contribution in [3.8, 4) is 0 Å². The van der Waals surface area contributed by atoms with Gasteiger partial charge in [-0.15, -0.1) is 11.3 Å². The van der Waals surface area contributed by atoms with Crippen molar-refractivity contribution in [3.05, 3.63) is 98.0 Å². The minimum Gasteiger partial charge on any atom is -0.507 e. The van der Waals surface area contributed by atoms with Crippen LogP contribution in [0.2, 0.25) is 0 Å². The van der Waals surface area contributed by atoms with Crippen molar-refractivity contribution < 1.29 is 19.6 Å². The first kappa shape index (κ1) is 19.5. The summed E-state index contributed by atoms with van der Waals surface area (Å²) < 4.78 is 0. The van der Waals surface area contributed by atoms with Gasteiger partial charge in [0.15, 0.2) is 0 Å². The SMILES string of the molecule is O=C1C(=O)N(Cc2cccnc2)C(c2cccs2)/C1=C(/O)c1cccc([N+](=O)[O-])c1. The average molecular weight is 421 g/mol. The van der Waals surface area contributed by atoms with E-state index in [2.05, 4.69) is 4.98 Å².